The molecule has 0 bridgehead atoms. The Morgan fingerprint density at radius 1 is 0.828 bits per heavy atom. The number of thiophene rings is 1. The van der Waals surface area contributed by atoms with Gasteiger partial charge in [0.2, 0.25) is 0 Å². The minimum atomic E-state index is 0.825. The molecule has 0 unspecified atom stereocenters. The number of para-hydroxylation sites is 1. The second-order valence-corrected chi connectivity index (χ2v) is 8.24. The van der Waals surface area contributed by atoms with Gasteiger partial charge in [-0.1, -0.05) is 42.5 Å². The third-order valence-electron chi connectivity index (χ3n) is 5.59. The van der Waals surface area contributed by atoms with Crippen LogP contribution >= 0.6 is 11.3 Å². The highest BCUT2D eigenvalue weighted by molar-refractivity contribution is 7.08. The first kappa shape index (κ1) is 18.3. The van der Waals surface area contributed by atoms with Crippen LogP contribution in [-0.4, -0.2) is 47.6 Å². The predicted octanol–water partition coefficient (Wildman–Crippen LogP) is 4.72. The van der Waals surface area contributed by atoms with Crippen molar-refractivity contribution in [1.82, 2.24) is 14.9 Å². The van der Waals surface area contributed by atoms with Crippen LogP contribution in [0.3, 0.4) is 0 Å². The topological polar surface area (TPSA) is 32.3 Å². The number of aromatic nitrogens is 2. The number of rotatable bonds is 5. The van der Waals surface area contributed by atoms with E-state index in [-0.39, 0.29) is 0 Å². The van der Waals surface area contributed by atoms with E-state index >= 15 is 0 Å². The van der Waals surface area contributed by atoms with Crippen molar-refractivity contribution in [3.05, 3.63) is 77.0 Å². The van der Waals surface area contributed by atoms with Crippen LogP contribution < -0.4 is 4.90 Å². The van der Waals surface area contributed by atoms with Gasteiger partial charge in [-0.05, 0) is 35.6 Å². The van der Waals surface area contributed by atoms with E-state index in [1.807, 2.05) is 0 Å². The maximum atomic E-state index is 4.99. The zero-order valence-electron chi connectivity index (χ0n) is 16.4. The molecule has 3 heterocycles. The van der Waals surface area contributed by atoms with Crippen LogP contribution in [0.1, 0.15) is 5.56 Å². The molecule has 4 aromatic rings. The summed E-state index contributed by atoms with van der Waals surface area (Å²) < 4.78 is 0. The van der Waals surface area contributed by atoms with E-state index in [9.17, 15) is 0 Å². The summed E-state index contributed by atoms with van der Waals surface area (Å²) in [5.74, 6) is 1.89. The lowest BCUT2D eigenvalue weighted by Gasteiger charge is -2.36. The highest BCUT2D eigenvalue weighted by Crippen LogP contribution is 2.29. The van der Waals surface area contributed by atoms with Gasteiger partial charge in [0, 0.05) is 49.1 Å². The molecular weight excluding hydrogens is 376 g/mol. The van der Waals surface area contributed by atoms with Crippen LogP contribution in [0.15, 0.2) is 71.4 Å². The zero-order chi connectivity index (χ0) is 19.5. The fourth-order valence-corrected chi connectivity index (χ4v) is 4.57. The van der Waals surface area contributed by atoms with Gasteiger partial charge in [0.25, 0.3) is 0 Å². The highest BCUT2D eigenvalue weighted by Gasteiger charge is 2.21. The lowest BCUT2D eigenvalue weighted by Crippen LogP contribution is -2.47. The molecule has 0 radical (unpaired) electrons. The van der Waals surface area contributed by atoms with Crippen LogP contribution in [0.2, 0.25) is 0 Å². The van der Waals surface area contributed by atoms with Crippen LogP contribution in [0.5, 0.6) is 0 Å². The van der Waals surface area contributed by atoms with E-state index in [2.05, 4.69) is 81.2 Å². The highest BCUT2D eigenvalue weighted by atomic mass is 32.1. The molecule has 1 aliphatic rings. The summed E-state index contributed by atoms with van der Waals surface area (Å²) >= 11 is 1.68. The standard InChI is InChI=1S/C24H24N4S/c1-2-6-19(7-3-1)10-12-27-13-15-28(16-14-27)24-21-8-4-5-9-22(21)25-23(26-24)20-11-17-29-18-20/h1-9,11,17-18H,10,12-16H2. The van der Waals surface area contributed by atoms with E-state index in [4.69, 9.17) is 9.97 Å². The Hall–Kier alpha value is -2.76. The maximum Gasteiger partial charge on any atom is 0.162 e. The van der Waals surface area contributed by atoms with E-state index in [0.717, 1.165) is 67.3 Å². The lowest BCUT2D eigenvalue weighted by atomic mass is 10.1. The Morgan fingerprint density at radius 2 is 1.62 bits per heavy atom. The van der Waals surface area contributed by atoms with Crippen molar-refractivity contribution in [3.8, 4) is 11.4 Å². The minimum Gasteiger partial charge on any atom is -0.353 e. The van der Waals surface area contributed by atoms with E-state index in [1.165, 1.54) is 5.56 Å². The quantitative estimate of drug-likeness (QED) is 0.485. The van der Waals surface area contributed by atoms with E-state index in [0.29, 0.717) is 0 Å². The van der Waals surface area contributed by atoms with Gasteiger partial charge in [0.1, 0.15) is 5.82 Å². The van der Waals surface area contributed by atoms with Crippen molar-refractivity contribution in [2.75, 3.05) is 37.6 Å². The molecule has 4 nitrogen and oxygen atoms in total. The van der Waals surface area contributed by atoms with Crippen molar-refractivity contribution in [2.24, 2.45) is 0 Å². The summed E-state index contributed by atoms with van der Waals surface area (Å²) in [6, 6.07) is 21.2. The maximum absolute atomic E-state index is 4.99. The average Bonchev–Trinajstić information content (AvgIpc) is 3.33. The summed E-state index contributed by atoms with van der Waals surface area (Å²) in [6.45, 7) is 5.25. The molecule has 0 saturated carbocycles. The number of hydrogen-bond acceptors (Lipinski definition) is 5. The summed E-state index contributed by atoms with van der Waals surface area (Å²) in [4.78, 5) is 14.8. The Kier molecular flexibility index (Phi) is 5.24. The van der Waals surface area contributed by atoms with Gasteiger partial charge in [0.05, 0.1) is 5.52 Å². The van der Waals surface area contributed by atoms with Crippen LogP contribution in [0.4, 0.5) is 5.82 Å². The first-order chi connectivity index (χ1) is 14.4. The number of piperazine rings is 1. The molecule has 0 N–H and O–H groups in total. The van der Waals surface area contributed by atoms with Gasteiger partial charge in [0.15, 0.2) is 5.82 Å². The van der Waals surface area contributed by atoms with E-state index in [1.54, 1.807) is 11.3 Å². The molecule has 146 valence electrons. The molecule has 2 aromatic heterocycles. The number of fused-ring (bicyclic) bond motifs is 1. The first-order valence-electron chi connectivity index (χ1n) is 10.2. The zero-order valence-corrected chi connectivity index (χ0v) is 17.2. The molecule has 5 rings (SSSR count). The van der Waals surface area contributed by atoms with Gasteiger partial charge < -0.3 is 4.90 Å². The molecule has 1 aliphatic heterocycles. The average molecular weight is 401 g/mol. The summed E-state index contributed by atoms with van der Waals surface area (Å²) in [5, 5.41) is 5.35. The van der Waals surface area contributed by atoms with Gasteiger partial charge >= 0.3 is 0 Å². The smallest absolute Gasteiger partial charge is 0.162 e. The normalized spacial score (nSPS) is 15.1. The van der Waals surface area contributed by atoms with Crippen molar-refractivity contribution in [1.29, 1.82) is 0 Å². The van der Waals surface area contributed by atoms with Gasteiger partial charge in [-0.25, -0.2) is 9.97 Å². The minimum absolute atomic E-state index is 0.825. The fraction of sp³-hybridized carbons (Fsp3) is 0.250. The number of nitrogens with zero attached hydrogens (tertiary/aromatic N) is 4. The number of hydrogen-bond donors (Lipinski definition) is 0. The van der Waals surface area contributed by atoms with Gasteiger partial charge in [-0.15, -0.1) is 0 Å². The molecule has 5 heteroatoms. The van der Waals surface area contributed by atoms with Crippen LogP contribution in [0.25, 0.3) is 22.3 Å². The molecule has 29 heavy (non-hydrogen) atoms. The molecule has 1 fully saturated rings. The number of benzene rings is 2. The number of anilines is 1. The molecule has 1 saturated heterocycles. The molecule has 0 amide bonds. The fourth-order valence-electron chi connectivity index (χ4n) is 3.94. The molecular formula is C24H24N4S. The molecule has 0 spiro atoms. The summed E-state index contributed by atoms with van der Waals surface area (Å²) in [6.07, 6.45) is 1.11. The van der Waals surface area contributed by atoms with Crippen molar-refractivity contribution in [2.45, 2.75) is 6.42 Å². The lowest BCUT2D eigenvalue weighted by molar-refractivity contribution is 0.260. The van der Waals surface area contributed by atoms with Gasteiger partial charge in [-0.3, -0.25) is 4.90 Å². The second kappa shape index (κ2) is 8.31. The summed E-state index contributed by atoms with van der Waals surface area (Å²) in [5.41, 5.74) is 3.53. The Balaban J connectivity index is 1.33. The third-order valence-corrected chi connectivity index (χ3v) is 6.28. The SMILES string of the molecule is c1ccc(CCN2CCN(c3nc(-c4ccsc4)nc4ccccc34)CC2)cc1. The van der Waals surface area contributed by atoms with Crippen molar-refractivity contribution >= 4 is 28.1 Å². The Bertz CT molecular complexity index is 1070. The van der Waals surface area contributed by atoms with E-state index < -0.39 is 0 Å². The van der Waals surface area contributed by atoms with Crippen LogP contribution in [-0.2, 0) is 6.42 Å². The Morgan fingerprint density at radius 3 is 2.41 bits per heavy atom. The van der Waals surface area contributed by atoms with Crippen LogP contribution in [0, 0.1) is 0 Å². The molecule has 0 aliphatic carbocycles. The van der Waals surface area contributed by atoms with Gasteiger partial charge in [-0.2, -0.15) is 11.3 Å². The third kappa shape index (κ3) is 4.02. The van der Waals surface area contributed by atoms with Crippen molar-refractivity contribution in [3.63, 3.8) is 0 Å². The molecule has 2 aromatic carbocycles. The predicted molar refractivity (Wildman–Crippen MR) is 122 cm³/mol. The monoisotopic (exact) mass is 400 g/mol. The molecule has 0 atom stereocenters. The second-order valence-electron chi connectivity index (χ2n) is 7.46. The Labute approximate surface area is 175 Å². The largest absolute Gasteiger partial charge is 0.353 e. The summed E-state index contributed by atoms with van der Waals surface area (Å²) in [7, 11) is 0. The first-order valence-corrected chi connectivity index (χ1v) is 11.1. The van der Waals surface area contributed by atoms with Crippen molar-refractivity contribution < 1.29 is 0 Å².